The number of rotatable bonds is 7. The SMILES string of the molecule is C=C/C=C\C=C(/C)C(CO)C(O)Cc1cccnc1. The maximum Gasteiger partial charge on any atom is 0.0668 e. The average molecular weight is 259 g/mol. The molecule has 0 aliphatic carbocycles. The van der Waals surface area contributed by atoms with E-state index in [1.54, 1.807) is 18.5 Å². The Morgan fingerprint density at radius 2 is 2.26 bits per heavy atom. The molecule has 1 aromatic heterocycles. The van der Waals surface area contributed by atoms with E-state index >= 15 is 0 Å². The largest absolute Gasteiger partial charge is 0.396 e. The zero-order valence-corrected chi connectivity index (χ0v) is 11.2. The molecule has 0 radical (unpaired) electrons. The van der Waals surface area contributed by atoms with E-state index in [1.807, 2.05) is 37.3 Å². The lowest BCUT2D eigenvalue weighted by Gasteiger charge is -2.21. The number of allylic oxidation sites excluding steroid dienone is 4. The Balaban J connectivity index is 2.71. The summed E-state index contributed by atoms with van der Waals surface area (Å²) in [6, 6.07) is 3.76. The van der Waals surface area contributed by atoms with Crippen LogP contribution in [0.15, 0.2) is 61.0 Å². The zero-order valence-electron chi connectivity index (χ0n) is 11.2. The standard InChI is InChI=1S/C16H21NO2/c1-3-4-5-7-13(2)15(12-18)16(19)10-14-8-6-9-17-11-14/h3-9,11,15-16,18-19H,1,10,12H2,2H3/b5-4-,13-7+. The number of hydrogen-bond acceptors (Lipinski definition) is 3. The molecule has 102 valence electrons. The highest BCUT2D eigenvalue weighted by Crippen LogP contribution is 2.18. The zero-order chi connectivity index (χ0) is 14.1. The minimum atomic E-state index is -0.623. The summed E-state index contributed by atoms with van der Waals surface area (Å²) < 4.78 is 0. The number of pyridine rings is 1. The van der Waals surface area contributed by atoms with Crippen molar-refractivity contribution in [1.82, 2.24) is 4.98 Å². The van der Waals surface area contributed by atoms with Gasteiger partial charge in [0, 0.05) is 24.7 Å². The first-order chi connectivity index (χ1) is 9.19. The first-order valence-electron chi connectivity index (χ1n) is 6.32. The van der Waals surface area contributed by atoms with Crippen LogP contribution in [0.25, 0.3) is 0 Å². The van der Waals surface area contributed by atoms with Crippen LogP contribution in [0.1, 0.15) is 12.5 Å². The Hall–Kier alpha value is -1.71. The lowest BCUT2D eigenvalue weighted by atomic mass is 9.91. The highest BCUT2D eigenvalue weighted by Gasteiger charge is 2.20. The van der Waals surface area contributed by atoms with Gasteiger partial charge in [0.05, 0.1) is 12.7 Å². The molecule has 0 bridgehead atoms. The first kappa shape index (κ1) is 15.3. The number of aliphatic hydroxyl groups excluding tert-OH is 2. The summed E-state index contributed by atoms with van der Waals surface area (Å²) in [6.07, 6.45) is 10.5. The van der Waals surface area contributed by atoms with Gasteiger partial charge in [-0.1, -0.05) is 42.5 Å². The van der Waals surface area contributed by atoms with Gasteiger partial charge < -0.3 is 10.2 Å². The molecular weight excluding hydrogens is 238 g/mol. The maximum absolute atomic E-state index is 10.2. The Bertz CT molecular complexity index is 437. The summed E-state index contributed by atoms with van der Waals surface area (Å²) in [5.74, 6) is -0.269. The predicted molar refractivity (Wildman–Crippen MR) is 77.6 cm³/mol. The van der Waals surface area contributed by atoms with Crippen LogP contribution >= 0.6 is 0 Å². The molecule has 2 N–H and O–H groups in total. The van der Waals surface area contributed by atoms with Crippen LogP contribution in [0.5, 0.6) is 0 Å². The molecular formula is C16H21NO2. The third-order valence-electron chi connectivity index (χ3n) is 3.02. The minimum Gasteiger partial charge on any atom is -0.396 e. The van der Waals surface area contributed by atoms with E-state index < -0.39 is 6.10 Å². The molecule has 0 aliphatic rings. The molecule has 0 fully saturated rings. The molecule has 2 unspecified atom stereocenters. The van der Waals surface area contributed by atoms with Gasteiger partial charge in [-0.25, -0.2) is 0 Å². The van der Waals surface area contributed by atoms with Crippen molar-refractivity contribution in [2.45, 2.75) is 19.4 Å². The van der Waals surface area contributed by atoms with Gasteiger partial charge in [0.25, 0.3) is 0 Å². The van der Waals surface area contributed by atoms with Crippen LogP contribution in [0, 0.1) is 5.92 Å². The van der Waals surface area contributed by atoms with Gasteiger partial charge >= 0.3 is 0 Å². The lowest BCUT2D eigenvalue weighted by molar-refractivity contribution is 0.0862. The molecule has 0 aliphatic heterocycles. The number of aromatic nitrogens is 1. The maximum atomic E-state index is 10.2. The van der Waals surface area contributed by atoms with Crippen molar-refractivity contribution in [2.75, 3.05) is 6.61 Å². The molecule has 1 rings (SSSR count). The molecule has 0 saturated heterocycles. The van der Waals surface area contributed by atoms with Gasteiger partial charge in [0.2, 0.25) is 0 Å². The minimum absolute atomic E-state index is 0.0777. The van der Waals surface area contributed by atoms with Crippen molar-refractivity contribution in [3.05, 3.63) is 66.5 Å². The quantitative estimate of drug-likeness (QED) is 0.739. The van der Waals surface area contributed by atoms with E-state index in [1.165, 1.54) is 0 Å². The number of hydrogen-bond donors (Lipinski definition) is 2. The van der Waals surface area contributed by atoms with Crippen molar-refractivity contribution < 1.29 is 10.2 Å². The highest BCUT2D eigenvalue weighted by atomic mass is 16.3. The van der Waals surface area contributed by atoms with E-state index in [0.717, 1.165) is 11.1 Å². The van der Waals surface area contributed by atoms with Crippen molar-refractivity contribution in [1.29, 1.82) is 0 Å². The normalized spacial score (nSPS) is 15.4. The van der Waals surface area contributed by atoms with Gasteiger partial charge in [-0.3, -0.25) is 4.98 Å². The fraction of sp³-hybridized carbons (Fsp3) is 0.312. The summed E-state index contributed by atoms with van der Waals surface area (Å²) in [5.41, 5.74) is 1.90. The van der Waals surface area contributed by atoms with Crippen molar-refractivity contribution >= 4 is 0 Å². The Labute approximate surface area is 114 Å². The van der Waals surface area contributed by atoms with Crippen LogP contribution in [0.3, 0.4) is 0 Å². The van der Waals surface area contributed by atoms with Gasteiger partial charge in [-0.2, -0.15) is 0 Å². The van der Waals surface area contributed by atoms with Crippen LogP contribution in [-0.2, 0) is 6.42 Å². The summed E-state index contributed by atoms with van der Waals surface area (Å²) in [7, 11) is 0. The molecule has 3 heteroatoms. The molecule has 0 aromatic carbocycles. The molecule has 0 amide bonds. The van der Waals surface area contributed by atoms with Crippen LogP contribution in [0.4, 0.5) is 0 Å². The summed E-state index contributed by atoms with van der Waals surface area (Å²) in [6.45, 7) is 5.42. The van der Waals surface area contributed by atoms with Gasteiger partial charge in [-0.15, -0.1) is 0 Å². The summed E-state index contributed by atoms with van der Waals surface area (Å²) in [4.78, 5) is 4.02. The average Bonchev–Trinajstić information content (AvgIpc) is 2.41. The van der Waals surface area contributed by atoms with Gasteiger partial charge in [-0.05, 0) is 18.6 Å². The molecule has 1 heterocycles. The predicted octanol–water partition coefficient (Wildman–Crippen LogP) is 2.28. The second-order valence-electron chi connectivity index (χ2n) is 4.45. The Morgan fingerprint density at radius 3 is 2.84 bits per heavy atom. The third-order valence-corrected chi connectivity index (χ3v) is 3.02. The highest BCUT2D eigenvalue weighted by molar-refractivity contribution is 5.18. The van der Waals surface area contributed by atoms with Gasteiger partial charge in [0.1, 0.15) is 0 Å². The van der Waals surface area contributed by atoms with Gasteiger partial charge in [0.15, 0.2) is 0 Å². The molecule has 0 spiro atoms. The van der Waals surface area contributed by atoms with Crippen molar-refractivity contribution in [3.63, 3.8) is 0 Å². The van der Waals surface area contributed by atoms with Crippen LogP contribution in [-0.4, -0.2) is 27.9 Å². The summed E-state index contributed by atoms with van der Waals surface area (Å²) in [5, 5.41) is 19.7. The number of nitrogens with zero attached hydrogens (tertiary/aromatic N) is 1. The molecule has 19 heavy (non-hydrogen) atoms. The fourth-order valence-electron chi connectivity index (χ4n) is 1.88. The Kier molecular flexibility index (Phi) is 6.79. The molecule has 1 aromatic rings. The fourth-order valence-corrected chi connectivity index (χ4v) is 1.88. The van der Waals surface area contributed by atoms with Crippen LogP contribution in [0.2, 0.25) is 0 Å². The van der Waals surface area contributed by atoms with Crippen molar-refractivity contribution in [3.8, 4) is 0 Å². The van der Waals surface area contributed by atoms with E-state index in [9.17, 15) is 10.2 Å². The van der Waals surface area contributed by atoms with Crippen molar-refractivity contribution in [2.24, 2.45) is 5.92 Å². The first-order valence-corrected chi connectivity index (χ1v) is 6.32. The molecule has 2 atom stereocenters. The smallest absolute Gasteiger partial charge is 0.0668 e. The second-order valence-corrected chi connectivity index (χ2v) is 4.45. The van der Waals surface area contributed by atoms with E-state index in [-0.39, 0.29) is 12.5 Å². The summed E-state index contributed by atoms with van der Waals surface area (Å²) >= 11 is 0. The Morgan fingerprint density at radius 1 is 1.47 bits per heavy atom. The molecule has 3 nitrogen and oxygen atoms in total. The van der Waals surface area contributed by atoms with E-state index in [2.05, 4.69) is 11.6 Å². The second kappa shape index (κ2) is 8.40. The topological polar surface area (TPSA) is 53.4 Å². The monoisotopic (exact) mass is 259 g/mol. The number of aliphatic hydroxyl groups is 2. The molecule has 0 saturated carbocycles. The van der Waals surface area contributed by atoms with Crippen LogP contribution < -0.4 is 0 Å². The van der Waals surface area contributed by atoms with E-state index in [4.69, 9.17) is 0 Å². The third kappa shape index (κ3) is 5.20. The lowest BCUT2D eigenvalue weighted by Crippen LogP contribution is -2.27. The van der Waals surface area contributed by atoms with E-state index in [0.29, 0.717) is 6.42 Å².